The molecule has 0 aromatic rings. The van der Waals surface area contributed by atoms with Crippen molar-refractivity contribution in [1.82, 2.24) is 0 Å². The Bertz CT molecular complexity index is 194. The van der Waals surface area contributed by atoms with E-state index in [9.17, 15) is 0 Å². The molecule has 0 aliphatic heterocycles. The molecule has 92 valence electrons. The molecule has 0 aliphatic carbocycles. The second-order valence-corrected chi connectivity index (χ2v) is 17.6. The van der Waals surface area contributed by atoms with Gasteiger partial charge in [-0.15, -0.1) is 0 Å². The molecule has 0 rings (SSSR count). The van der Waals surface area contributed by atoms with Crippen LogP contribution in [0.4, 0.5) is 0 Å². The summed E-state index contributed by atoms with van der Waals surface area (Å²) < 4.78 is 10.2. The van der Waals surface area contributed by atoms with Crippen LogP contribution in [0.2, 0.25) is 5.32 Å². The number of unbranched alkanes of at least 4 members (excludes halogenated alkanes) is 1. The molecule has 5 heteroatoms. The molecule has 0 heterocycles. The molecule has 0 aromatic heterocycles. The van der Waals surface area contributed by atoms with Gasteiger partial charge in [-0.05, 0) is 0 Å². The first kappa shape index (κ1) is 16.4. The number of hydrogen-bond acceptors (Lipinski definition) is 2. The Morgan fingerprint density at radius 1 is 1.13 bits per heavy atom. The van der Waals surface area contributed by atoms with Gasteiger partial charge in [-0.25, -0.2) is 0 Å². The molecule has 0 atom stereocenters. The SMILES string of the molecule is CCCC[Se]P(=[Se])(OC(C)C)OC(C)C. The van der Waals surface area contributed by atoms with Crippen molar-refractivity contribution >= 4 is 34.3 Å². The van der Waals surface area contributed by atoms with Gasteiger partial charge in [-0.3, -0.25) is 0 Å². The standard InChI is InChI=1S/C10H23O2PSe2/c1-6-7-8-15-13(14,11-9(2)3)12-10(4)5/h9-10H,6-8H2,1-5H3. The van der Waals surface area contributed by atoms with Crippen molar-refractivity contribution in [3.05, 3.63) is 0 Å². The third-order valence-electron chi connectivity index (χ3n) is 1.43. The summed E-state index contributed by atoms with van der Waals surface area (Å²) in [5, 5.41) is 1.25. The second kappa shape index (κ2) is 8.48. The summed E-state index contributed by atoms with van der Waals surface area (Å²) in [4.78, 5) is 0. The van der Waals surface area contributed by atoms with Crippen molar-refractivity contribution < 1.29 is 9.05 Å². The van der Waals surface area contributed by atoms with E-state index in [1.54, 1.807) is 0 Å². The van der Waals surface area contributed by atoms with E-state index in [0.717, 1.165) is 0 Å². The van der Waals surface area contributed by atoms with Gasteiger partial charge in [0, 0.05) is 0 Å². The molecule has 0 bridgehead atoms. The molecule has 0 unspecified atom stereocenters. The van der Waals surface area contributed by atoms with Crippen LogP contribution in [0, 0.1) is 0 Å². The Hall–Kier alpha value is 1.39. The molecular weight excluding hydrogens is 341 g/mol. The van der Waals surface area contributed by atoms with Gasteiger partial charge in [0.2, 0.25) is 0 Å². The minimum atomic E-state index is -1.67. The molecule has 0 fully saturated rings. The van der Waals surface area contributed by atoms with Gasteiger partial charge in [0.25, 0.3) is 0 Å². The summed E-state index contributed by atoms with van der Waals surface area (Å²) in [6.45, 7) is 10.5. The minimum absolute atomic E-state index is 0.252. The van der Waals surface area contributed by atoms with E-state index in [0.29, 0.717) is 14.5 Å². The zero-order valence-electron chi connectivity index (χ0n) is 10.4. The monoisotopic (exact) mass is 366 g/mol. The zero-order valence-corrected chi connectivity index (χ0v) is 14.7. The zero-order chi connectivity index (χ0) is 11.9. The third-order valence-corrected chi connectivity index (χ3v) is 12.6. The van der Waals surface area contributed by atoms with Crippen LogP contribution in [0.25, 0.3) is 0 Å². The molecule has 0 aromatic carbocycles. The first-order valence-corrected chi connectivity index (χ1v) is 12.8. The van der Waals surface area contributed by atoms with Crippen molar-refractivity contribution in [2.24, 2.45) is 0 Å². The van der Waals surface area contributed by atoms with Gasteiger partial charge in [0.1, 0.15) is 0 Å². The van der Waals surface area contributed by atoms with Crippen LogP contribution in [-0.2, 0) is 9.05 Å². The Labute approximate surface area is 108 Å². The van der Waals surface area contributed by atoms with Crippen LogP contribution in [-0.4, -0.2) is 41.8 Å². The average molecular weight is 364 g/mol. The van der Waals surface area contributed by atoms with E-state index in [-0.39, 0.29) is 12.2 Å². The van der Waals surface area contributed by atoms with Gasteiger partial charge in [-0.1, -0.05) is 0 Å². The van der Waals surface area contributed by atoms with Gasteiger partial charge in [0.15, 0.2) is 0 Å². The Morgan fingerprint density at radius 2 is 1.60 bits per heavy atom. The molecular formula is C10H23O2PSe2. The topological polar surface area (TPSA) is 18.5 Å². The van der Waals surface area contributed by atoms with E-state index >= 15 is 0 Å². The molecule has 2 nitrogen and oxygen atoms in total. The van der Waals surface area contributed by atoms with Crippen molar-refractivity contribution in [3.63, 3.8) is 0 Å². The van der Waals surface area contributed by atoms with Crippen molar-refractivity contribution in [2.75, 3.05) is 0 Å². The number of rotatable bonds is 8. The summed E-state index contributed by atoms with van der Waals surface area (Å²) in [6.07, 6.45) is 3.04. The average Bonchev–Trinajstić information content (AvgIpc) is 2.00. The van der Waals surface area contributed by atoms with Crippen LogP contribution in [0.5, 0.6) is 0 Å². The quantitative estimate of drug-likeness (QED) is 0.372. The predicted molar refractivity (Wildman–Crippen MR) is 70.6 cm³/mol. The first-order valence-electron chi connectivity index (χ1n) is 5.51. The third kappa shape index (κ3) is 9.12. The van der Waals surface area contributed by atoms with Crippen LogP contribution in [0.3, 0.4) is 0 Å². The van der Waals surface area contributed by atoms with E-state index in [1.165, 1.54) is 18.2 Å². The van der Waals surface area contributed by atoms with Gasteiger partial charge < -0.3 is 0 Å². The molecule has 15 heavy (non-hydrogen) atoms. The van der Waals surface area contributed by atoms with Crippen molar-refractivity contribution in [2.45, 2.75) is 65.0 Å². The number of hydrogen-bond donors (Lipinski definition) is 0. The van der Waals surface area contributed by atoms with Crippen LogP contribution < -0.4 is 0 Å². The molecule has 0 amide bonds. The fourth-order valence-electron chi connectivity index (χ4n) is 0.923. The van der Waals surface area contributed by atoms with E-state index in [2.05, 4.69) is 49.7 Å². The summed E-state index contributed by atoms with van der Waals surface area (Å²) in [6, 6.07) is 0. The summed E-state index contributed by atoms with van der Waals surface area (Å²) in [7, 11) is 0. The molecule has 0 radical (unpaired) electrons. The van der Waals surface area contributed by atoms with Crippen molar-refractivity contribution in [1.29, 1.82) is 0 Å². The molecule has 0 saturated heterocycles. The summed E-state index contributed by atoms with van der Waals surface area (Å²) in [5.74, 6) is 0. The fraction of sp³-hybridized carbons (Fsp3) is 1.00. The van der Waals surface area contributed by atoms with Crippen LogP contribution in [0.1, 0.15) is 47.5 Å². The Morgan fingerprint density at radius 3 is 1.93 bits per heavy atom. The van der Waals surface area contributed by atoms with Crippen LogP contribution in [0.15, 0.2) is 0 Å². The maximum absolute atomic E-state index is 5.96. The maximum atomic E-state index is 5.96. The summed E-state index contributed by atoms with van der Waals surface area (Å²) in [5.41, 5.74) is 0. The molecule has 0 spiro atoms. The van der Waals surface area contributed by atoms with E-state index in [4.69, 9.17) is 9.05 Å². The van der Waals surface area contributed by atoms with Gasteiger partial charge in [0.05, 0.1) is 0 Å². The Balaban J connectivity index is 4.21. The predicted octanol–water partition coefficient (Wildman–Crippen LogP) is 3.61. The Kier molecular flexibility index (Phi) is 9.26. The van der Waals surface area contributed by atoms with Gasteiger partial charge >= 0.3 is 108 Å². The summed E-state index contributed by atoms with van der Waals surface area (Å²) >= 11 is 3.66. The van der Waals surface area contributed by atoms with Gasteiger partial charge in [-0.2, -0.15) is 0 Å². The second-order valence-electron chi connectivity index (χ2n) is 3.94. The normalized spacial score (nSPS) is 12.7. The van der Waals surface area contributed by atoms with E-state index in [1.807, 2.05) is 0 Å². The first-order chi connectivity index (χ1) is 6.89. The molecule has 0 N–H and O–H groups in total. The molecule has 0 saturated carbocycles. The van der Waals surface area contributed by atoms with Crippen molar-refractivity contribution in [3.8, 4) is 0 Å². The van der Waals surface area contributed by atoms with Crippen LogP contribution >= 0.6 is 4.65 Å². The fourth-order valence-corrected chi connectivity index (χ4v) is 12.8. The van der Waals surface area contributed by atoms with E-state index < -0.39 is 4.65 Å². The molecule has 0 aliphatic rings.